The number of carboxylic acid groups (broad SMARTS) is 1. The van der Waals surface area contributed by atoms with Crippen LogP contribution in [0.1, 0.15) is 58.3 Å². The highest BCUT2D eigenvalue weighted by Gasteiger charge is 2.34. The number of carbonyl (C=O) groups excluding carboxylic acids is 1. The molecule has 1 heterocycles. The Morgan fingerprint density at radius 3 is 2.40 bits per heavy atom. The monoisotopic (exact) mass is 282 g/mol. The molecule has 0 radical (unpaired) electrons. The van der Waals surface area contributed by atoms with E-state index < -0.39 is 5.97 Å². The van der Waals surface area contributed by atoms with Gasteiger partial charge in [0.2, 0.25) is 0 Å². The van der Waals surface area contributed by atoms with Crippen molar-refractivity contribution in [3.8, 4) is 0 Å². The highest BCUT2D eigenvalue weighted by atomic mass is 16.4. The molecule has 0 spiro atoms. The zero-order chi connectivity index (χ0) is 14.5. The molecule has 1 atom stereocenters. The molecule has 1 aliphatic carbocycles. The van der Waals surface area contributed by atoms with Crippen LogP contribution in [0, 0.1) is 0 Å². The first kappa shape index (κ1) is 15.1. The van der Waals surface area contributed by atoms with Gasteiger partial charge in [0.25, 0.3) is 0 Å². The summed E-state index contributed by atoms with van der Waals surface area (Å²) in [6, 6.07) is 0.359. The number of carbonyl (C=O) groups is 2. The Kier molecular flexibility index (Phi) is 5.26. The van der Waals surface area contributed by atoms with Crippen molar-refractivity contribution in [1.82, 2.24) is 9.80 Å². The average molecular weight is 282 g/mol. The Labute approximate surface area is 120 Å². The van der Waals surface area contributed by atoms with E-state index in [9.17, 15) is 9.59 Å². The highest BCUT2D eigenvalue weighted by molar-refractivity contribution is 5.80. The second-order valence-electron chi connectivity index (χ2n) is 5.99. The zero-order valence-corrected chi connectivity index (χ0v) is 12.4. The van der Waals surface area contributed by atoms with Gasteiger partial charge >= 0.3 is 12.0 Å². The van der Waals surface area contributed by atoms with Crippen LogP contribution in [0.5, 0.6) is 0 Å². The minimum Gasteiger partial charge on any atom is -0.480 e. The van der Waals surface area contributed by atoms with Gasteiger partial charge in [-0.3, -0.25) is 4.79 Å². The number of hydrogen-bond acceptors (Lipinski definition) is 2. The number of likely N-dealkylation sites (tertiary alicyclic amines) is 1. The van der Waals surface area contributed by atoms with E-state index in [4.69, 9.17) is 5.11 Å². The summed E-state index contributed by atoms with van der Waals surface area (Å²) in [5.41, 5.74) is 0. The van der Waals surface area contributed by atoms with Gasteiger partial charge in [-0.2, -0.15) is 0 Å². The van der Waals surface area contributed by atoms with E-state index in [1.54, 1.807) is 4.90 Å². The first-order chi connectivity index (χ1) is 9.63. The van der Waals surface area contributed by atoms with Crippen molar-refractivity contribution < 1.29 is 14.7 Å². The second-order valence-corrected chi connectivity index (χ2v) is 5.99. The molecular weight excluding hydrogens is 256 g/mol. The third kappa shape index (κ3) is 3.44. The van der Waals surface area contributed by atoms with E-state index in [1.807, 2.05) is 4.90 Å². The molecule has 5 nitrogen and oxygen atoms in total. The Bertz CT molecular complexity index is 353. The molecule has 1 saturated heterocycles. The summed E-state index contributed by atoms with van der Waals surface area (Å²) in [5.74, 6) is -0.907. The van der Waals surface area contributed by atoms with Crippen molar-refractivity contribution in [2.45, 2.75) is 70.4 Å². The average Bonchev–Trinajstić information content (AvgIpc) is 2.97. The Morgan fingerprint density at radius 1 is 1.15 bits per heavy atom. The maximum atomic E-state index is 12.8. The Hall–Kier alpha value is -1.26. The lowest BCUT2D eigenvalue weighted by molar-refractivity contribution is -0.138. The Morgan fingerprint density at radius 2 is 1.80 bits per heavy atom. The molecule has 1 unspecified atom stereocenters. The molecule has 20 heavy (non-hydrogen) atoms. The van der Waals surface area contributed by atoms with Crippen LogP contribution >= 0.6 is 0 Å². The molecule has 2 amide bonds. The SMILES string of the molecule is CCC1CCCCN1C(=O)N(CC(=O)O)C1CCCC1. The van der Waals surface area contributed by atoms with Gasteiger partial charge in [-0.25, -0.2) is 4.79 Å². The van der Waals surface area contributed by atoms with Gasteiger partial charge in [0.1, 0.15) is 6.54 Å². The lowest BCUT2D eigenvalue weighted by atomic mass is 10.0. The summed E-state index contributed by atoms with van der Waals surface area (Å²) in [5, 5.41) is 9.10. The van der Waals surface area contributed by atoms with Gasteiger partial charge in [-0.1, -0.05) is 19.8 Å². The van der Waals surface area contributed by atoms with Gasteiger partial charge in [0.05, 0.1) is 0 Å². The van der Waals surface area contributed by atoms with E-state index in [0.717, 1.165) is 51.5 Å². The van der Waals surface area contributed by atoms with Crippen molar-refractivity contribution in [2.75, 3.05) is 13.1 Å². The largest absolute Gasteiger partial charge is 0.480 e. The van der Waals surface area contributed by atoms with Crippen LogP contribution in [0.3, 0.4) is 0 Å². The summed E-state index contributed by atoms with van der Waals surface area (Å²) in [7, 11) is 0. The quantitative estimate of drug-likeness (QED) is 0.862. The lowest BCUT2D eigenvalue weighted by Crippen LogP contribution is -2.54. The second kappa shape index (κ2) is 6.95. The van der Waals surface area contributed by atoms with E-state index in [0.29, 0.717) is 0 Å². The summed E-state index contributed by atoms with van der Waals surface area (Å²) >= 11 is 0. The molecule has 2 fully saturated rings. The molecule has 5 heteroatoms. The number of hydrogen-bond donors (Lipinski definition) is 1. The maximum Gasteiger partial charge on any atom is 0.323 e. The predicted octanol–water partition coefficient (Wildman–Crippen LogP) is 2.70. The molecule has 114 valence electrons. The summed E-state index contributed by atoms with van der Waals surface area (Å²) in [6.45, 7) is 2.73. The highest BCUT2D eigenvalue weighted by Crippen LogP contribution is 2.27. The number of piperidine rings is 1. The molecule has 2 aliphatic rings. The molecule has 1 N–H and O–H groups in total. The van der Waals surface area contributed by atoms with Crippen LogP contribution in [0.2, 0.25) is 0 Å². The molecular formula is C15H26N2O3. The maximum absolute atomic E-state index is 12.8. The molecule has 0 aromatic rings. The van der Waals surface area contributed by atoms with Gasteiger partial charge in [0.15, 0.2) is 0 Å². The first-order valence-corrected chi connectivity index (χ1v) is 7.92. The van der Waals surface area contributed by atoms with Crippen molar-refractivity contribution in [3.05, 3.63) is 0 Å². The number of urea groups is 1. The lowest BCUT2D eigenvalue weighted by Gasteiger charge is -2.40. The molecule has 0 aromatic carbocycles. The van der Waals surface area contributed by atoms with Crippen molar-refractivity contribution in [1.29, 1.82) is 0 Å². The van der Waals surface area contributed by atoms with E-state index >= 15 is 0 Å². The number of rotatable bonds is 4. The summed E-state index contributed by atoms with van der Waals surface area (Å²) < 4.78 is 0. The zero-order valence-electron chi connectivity index (χ0n) is 12.4. The van der Waals surface area contributed by atoms with Crippen LogP contribution in [0.4, 0.5) is 4.79 Å². The van der Waals surface area contributed by atoms with Gasteiger partial charge in [-0.05, 0) is 38.5 Å². The predicted molar refractivity (Wildman–Crippen MR) is 76.6 cm³/mol. The number of amides is 2. The number of nitrogens with zero attached hydrogens (tertiary/aromatic N) is 2. The normalized spacial score (nSPS) is 23.9. The third-order valence-corrected chi connectivity index (χ3v) is 4.66. The van der Waals surface area contributed by atoms with Crippen LogP contribution in [-0.4, -0.2) is 52.1 Å². The molecule has 0 aromatic heterocycles. The molecule has 1 aliphatic heterocycles. The summed E-state index contributed by atoms with van der Waals surface area (Å²) in [4.78, 5) is 27.4. The Balaban J connectivity index is 2.09. The smallest absolute Gasteiger partial charge is 0.323 e. The molecule has 1 saturated carbocycles. The molecule has 0 bridgehead atoms. The number of aliphatic carboxylic acids is 1. The van der Waals surface area contributed by atoms with Gasteiger partial charge < -0.3 is 14.9 Å². The van der Waals surface area contributed by atoms with Gasteiger partial charge in [0, 0.05) is 18.6 Å². The fraction of sp³-hybridized carbons (Fsp3) is 0.867. The van der Waals surface area contributed by atoms with Crippen molar-refractivity contribution >= 4 is 12.0 Å². The first-order valence-electron chi connectivity index (χ1n) is 7.92. The van der Waals surface area contributed by atoms with E-state index in [-0.39, 0.29) is 24.7 Å². The third-order valence-electron chi connectivity index (χ3n) is 4.66. The van der Waals surface area contributed by atoms with E-state index in [2.05, 4.69) is 6.92 Å². The van der Waals surface area contributed by atoms with E-state index in [1.165, 1.54) is 6.42 Å². The minimum absolute atomic E-state index is 0.0501. The van der Waals surface area contributed by atoms with Crippen LogP contribution in [0.15, 0.2) is 0 Å². The van der Waals surface area contributed by atoms with Crippen LogP contribution < -0.4 is 0 Å². The van der Waals surface area contributed by atoms with Crippen molar-refractivity contribution in [3.63, 3.8) is 0 Å². The minimum atomic E-state index is -0.907. The summed E-state index contributed by atoms with van der Waals surface area (Å²) in [6.07, 6.45) is 8.31. The molecule has 2 rings (SSSR count). The fourth-order valence-corrected chi connectivity index (χ4v) is 3.56. The number of carboxylic acids is 1. The van der Waals surface area contributed by atoms with Crippen LogP contribution in [-0.2, 0) is 4.79 Å². The van der Waals surface area contributed by atoms with Gasteiger partial charge in [-0.15, -0.1) is 0 Å². The topological polar surface area (TPSA) is 60.9 Å². The van der Waals surface area contributed by atoms with Crippen LogP contribution in [0.25, 0.3) is 0 Å². The standard InChI is InChI=1S/C15H26N2O3/c1-2-12-7-5-6-10-16(12)15(20)17(11-14(18)19)13-8-3-4-9-13/h12-13H,2-11H2,1H3,(H,18,19). The van der Waals surface area contributed by atoms with Crippen molar-refractivity contribution in [2.24, 2.45) is 0 Å². The fourth-order valence-electron chi connectivity index (χ4n) is 3.56.